The highest BCUT2D eigenvalue weighted by Crippen LogP contribution is 2.32. The second kappa shape index (κ2) is 5.54. The largest absolute Gasteiger partial charge is 0.282 e. The zero-order chi connectivity index (χ0) is 17.4. The summed E-state index contributed by atoms with van der Waals surface area (Å²) in [5.74, 6) is -1.54. The number of hydrogen-bond acceptors (Lipinski definition) is 6. The van der Waals surface area contributed by atoms with Crippen LogP contribution in [0.2, 0.25) is 0 Å². The maximum absolute atomic E-state index is 12.4. The van der Waals surface area contributed by atoms with Gasteiger partial charge in [-0.15, -0.1) is 0 Å². The number of carbonyl (C=O) groups is 2. The van der Waals surface area contributed by atoms with Crippen molar-refractivity contribution >= 4 is 23.2 Å². The van der Waals surface area contributed by atoms with Crippen LogP contribution < -0.4 is 0 Å². The average Bonchev–Trinajstić information content (AvgIpc) is 2.80. The van der Waals surface area contributed by atoms with Crippen LogP contribution in [0.25, 0.3) is 0 Å². The fourth-order valence-electron chi connectivity index (χ4n) is 2.60. The molecule has 0 saturated carbocycles. The van der Waals surface area contributed by atoms with Crippen molar-refractivity contribution in [3.8, 4) is 0 Å². The van der Waals surface area contributed by atoms with Crippen LogP contribution in [0.5, 0.6) is 0 Å². The maximum Gasteiger partial charge on any atom is 0.282 e. The first-order valence-corrected chi connectivity index (χ1v) is 6.77. The van der Waals surface area contributed by atoms with Gasteiger partial charge in [0.15, 0.2) is 0 Å². The van der Waals surface area contributed by atoms with Crippen molar-refractivity contribution in [1.29, 1.82) is 0 Å². The summed E-state index contributed by atoms with van der Waals surface area (Å²) in [5, 5.41) is 22.1. The van der Waals surface area contributed by atoms with E-state index in [1.807, 2.05) is 0 Å². The highest BCUT2D eigenvalue weighted by Gasteiger charge is 2.41. The van der Waals surface area contributed by atoms with Crippen molar-refractivity contribution in [2.75, 3.05) is 0 Å². The van der Waals surface area contributed by atoms with Crippen molar-refractivity contribution in [2.24, 2.45) is 0 Å². The molecule has 0 bridgehead atoms. The Morgan fingerprint density at radius 1 is 0.833 bits per heavy atom. The van der Waals surface area contributed by atoms with Crippen molar-refractivity contribution in [2.45, 2.75) is 6.54 Å². The van der Waals surface area contributed by atoms with Crippen molar-refractivity contribution in [3.05, 3.63) is 79.4 Å². The van der Waals surface area contributed by atoms with Crippen LogP contribution in [-0.4, -0.2) is 26.6 Å². The molecule has 120 valence electrons. The molecule has 0 N–H and O–H groups in total. The number of nitro groups is 2. The molecule has 24 heavy (non-hydrogen) atoms. The van der Waals surface area contributed by atoms with Gasteiger partial charge in [-0.25, -0.2) is 0 Å². The molecule has 1 aliphatic heterocycles. The molecular weight excluding hydrogens is 318 g/mol. The van der Waals surface area contributed by atoms with Crippen LogP contribution >= 0.6 is 0 Å². The van der Waals surface area contributed by atoms with E-state index in [9.17, 15) is 29.8 Å². The van der Waals surface area contributed by atoms with Crippen LogP contribution in [-0.2, 0) is 6.54 Å². The smallest absolute Gasteiger partial charge is 0.269 e. The molecule has 9 heteroatoms. The minimum Gasteiger partial charge on any atom is -0.269 e. The fourth-order valence-corrected chi connectivity index (χ4v) is 2.60. The van der Waals surface area contributed by atoms with E-state index in [1.54, 1.807) is 6.07 Å². The summed E-state index contributed by atoms with van der Waals surface area (Å²) < 4.78 is 0. The van der Waals surface area contributed by atoms with Crippen LogP contribution in [0.15, 0.2) is 42.5 Å². The number of carbonyl (C=O) groups excluding carboxylic acids is 2. The summed E-state index contributed by atoms with van der Waals surface area (Å²) >= 11 is 0. The lowest BCUT2D eigenvalue weighted by Crippen LogP contribution is -2.29. The van der Waals surface area contributed by atoms with Crippen LogP contribution in [0.1, 0.15) is 26.3 Å². The van der Waals surface area contributed by atoms with Gasteiger partial charge in [0.25, 0.3) is 23.2 Å². The maximum atomic E-state index is 12.4. The highest BCUT2D eigenvalue weighted by atomic mass is 16.6. The van der Waals surface area contributed by atoms with Crippen molar-refractivity contribution in [1.82, 2.24) is 4.90 Å². The average molecular weight is 327 g/mol. The number of imide groups is 1. The Bertz CT molecular complexity index is 908. The Labute approximate surface area is 134 Å². The van der Waals surface area contributed by atoms with E-state index in [4.69, 9.17) is 0 Å². The molecule has 2 aromatic rings. The molecule has 0 aromatic heterocycles. The second-order valence-electron chi connectivity index (χ2n) is 5.04. The molecule has 0 fully saturated rings. The third-order valence-electron chi connectivity index (χ3n) is 3.69. The molecule has 0 radical (unpaired) electrons. The normalized spacial score (nSPS) is 13.1. The van der Waals surface area contributed by atoms with Gasteiger partial charge < -0.3 is 0 Å². The van der Waals surface area contributed by atoms with Crippen molar-refractivity contribution < 1.29 is 19.4 Å². The molecule has 2 aromatic carbocycles. The van der Waals surface area contributed by atoms with E-state index in [1.165, 1.54) is 30.3 Å². The number of rotatable bonds is 4. The Hall–Kier alpha value is -3.62. The lowest BCUT2D eigenvalue weighted by Gasteiger charge is -2.13. The molecule has 1 aliphatic rings. The molecular formula is C15H9N3O6. The number of nitro benzene ring substituents is 2. The van der Waals surface area contributed by atoms with Gasteiger partial charge >= 0.3 is 0 Å². The number of para-hydroxylation sites is 1. The minimum absolute atomic E-state index is 0.0761. The predicted molar refractivity (Wildman–Crippen MR) is 80.4 cm³/mol. The van der Waals surface area contributed by atoms with Gasteiger partial charge in [-0.1, -0.05) is 24.3 Å². The first kappa shape index (κ1) is 15.3. The summed E-state index contributed by atoms with van der Waals surface area (Å²) in [5.41, 5.74) is -0.891. The summed E-state index contributed by atoms with van der Waals surface area (Å²) in [6, 6.07) is 9.47. The molecule has 0 saturated heterocycles. The van der Waals surface area contributed by atoms with E-state index in [2.05, 4.69) is 0 Å². The number of amides is 2. The fraction of sp³-hybridized carbons (Fsp3) is 0.0667. The number of nitrogens with zero attached hydrogens (tertiary/aromatic N) is 3. The highest BCUT2D eigenvalue weighted by molar-refractivity contribution is 6.23. The molecule has 2 amide bonds. The zero-order valence-electron chi connectivity index (χ0n) is 12.0. The molecule has 0 atom stereocenters. The third kappa shape index (κ3) is 2.28. The molecule has 9 nitrogen and oxygen atoms in total. The first-order valence-electron chi connectivity index (χ1n) is 6.77. The molecule has 0 aliphatic carbocycles. The Morgan fingerprint density at radius 3 is 2.12 bits per heavy atom. The SMILES string of the molecule is O=C1c2cccc([N+](=O)[O-])c2C(=O)N1Cc1ccccc1[N+](=O)[O-]. The summed E-state index contributed by atoms with van der Waals surface area (Å²) in [7, 11) is 0. The molecule has 0 spiro atoms. The first-order chi connectivity index (χ1) is 11.4. The number of benzene rings is 2. The van der Waals surface area contributed by atoms with Gasteiger partial charge in [-0.05, 0) is 6.07 Å². The van der Waals surface area contributed by atoms with Crippen LogP contribution in [0, 0.1) is 20.2 Å². The van der Waals surface area contributed by atoms with E-state index in [0.717, 1.165) is 11.0 Å². The van der Waals surface area contributed by atoms with E-state index in [-0.39, 0.29) is 28.9 Å². The van der Waals surface area contributed by atoms with Gasteiger partial charge in [-0.3, -0.25) is 34.7 Å². The molecule has 0 unspecified atom stereocenters. The molecule has 3 rings (SSSR count). The van der Waals surface area contributed by atoms with Crippen LogP contribution in [0.4, 0.5) is 11.4 Å². The Morgan fingerprint density at radius 2 is 1.46 bits per heavy atom. The summed E-state index contributed by atoms with van der Waals surface area (Å²) in [4.78, 5) is 46.4. The monoisotopic (exact) mass is 327 g/mol. The number of fused-ring (bicyclic) bond motifs is 1. The lowest BCUT2D eigenvalue weighted by atomic mass is 10.1. The van der Waals surface area contributed by atoms with Gasteiger partial charge in [-0.2, -0.15) is 0 Å². The minimum atomic E-state index is -0.833. The third-order valence-corrected chi connectivity index (χ3v) is 3.69. The van der Waals surface area contributed by atoms with Crippen LogP contribution in [0.3, 0.4) is 0 Å². The predicted octanol–water partition coefficient (Wildman–Crippen LogP) is 2.30. The quantitative estimate of drug-likeness (QED) is 0.482. The number of hydrogen-bond donors (Lipinski definition) is 0. The molecule has 1 heterocycles. The summed E-state index contributed by atoms with van der Waals surface area (Å²) in [6.45, 7) is -0.333. The zero-order valence-corrected chi connectivity index (χ0v) is 12.0. The van der Waals surface area contributed by atoms with Gasteiger partial charge in [0.2, 0.25) is 0 Å². The Balaban J connectivity index is 2.03. The van der Waals surface area contributed by atoms with Crippen molar-refractivity contribution in [3.63, 3.8) is 0 Å². The van der Waals surface area contributed by atoms with E-state index in [0.29, 0.717) is 0 Å². The van der Waals surface area contributed by atoms with E-state index >= 15 is 0 Å². The topological polar surface area (TPSA) is 124 Å². The van der Waals surface area contributed by atoms with E-state index < -0.39 is 27.3 Å². The van der Waals surface area contributed by atoms with Gasteiger partial charge in [0.05, 0.1) is 22.0 Å². The lowest BCUT2D eigenvalue weighted by molar-refractivity contribution is -0.385. The Kier molecular flexibility index (Phi) is 3.53. The van der Waals surface area contributed by atoms with Gasteiger partial charge in [0.1, 0.15) is 5.56 Å². The second-order valence-corrected chi connectivity index (χ2v) is 5.04. The summed E-state index contributed by atoms with van der Waals surface area (Å²) in [6.07, 6.45) is 0. The van der Waals surface area contributed by atoms with Gasteiger partial charge in [0, 0.05) is 17.7 Å². The standard InChI is InChI=1S/C15H9N3O6/c19-14-10-5-3-7-12(18(23)24)13(10)15(20)16(14)8-9-4-1-2-6-11(9)17(21)22/h1-7H,8H2.